The van der Waals surface area contributed by atoms with Gasteiger partial charge in [-0.25, -0.2) is 12.8 Å². The predicted molar refractivity (Wildman–Crippen MR) is 101 cm³/mol. The number of rotatable bonds is 4. The summed E-state index contributed by atoms with van der Waals surface area (Å²) >= 11 is 6.05. The maximum Gasteiger partial charge on any atom is 0.262 e. The van der Waals surface area contributed by atoms with Crippen molar-refractivity contribution in [3.8, 4) is 17.2 Å². The Balaban J connectivity index is 1.94. The first-order valence-electron chi connectivity index (χ1n) is 7.74. The summed E-state index contributed by atoms with van der Waals surface area (Å²) in [7, 11) is -3.90. The van der Waals surface area contributed by atoms with Gasteiger partial charge in [0.25, 0.3) is 10.0 Å². The van der Waals surface area contributed by atoms with Crippen molar-refractivity contribution in [2.24, 2.45) is 0 Å². The van der Waals surface area contributed by atoms with Crippen molar-refractivity contribution in [1.29, 1.82) is 5.26 Å². The molecule has 0 amide bonds. The van der Waals surface area contributed by atoms with Crippen LogP contribution in [0.3, 0.4) is 0 Å². The van der Waals surface area contributed by atoms with Crippen LogP contribution in [-0.4, -0.2) is 13.4 Å². The third kappa shape index (κ3) is 4.08. The van der Waals surface area contributed by atoms with Gasteiger partial charge in [-0.2, -0.15) is 5.26 Å². The van der Waals surface area contributed by atoms with Crippen molar-refractivity contribution in [3.63, 3.8) is 0 Å². The summed E-state index contributed by atoms with van der Waals surface area (Å²) in [5, 5.41) is 9.25. The number of hydrogen-bond donors (Lipinski definition) is 1. The number of aryl methyl sites for hydroxylation is 1. The molecule has 0 aliphatic heterocycles. The zero-order valence-electron chi connectivity index (χ0n) is 14.1. The number of nitrogens with zero attached hydrogens (tertiary/aromatic N) is 2. The molecule has 0 radical (unpaired) electrons. The van der Waals surface area contributed by atoms with Gasteiger partial charge in [0.05, 0.1) is 27.4 Å². The largest absolute Gasteiger partial charge is 0.278 e. The van der Waals surface area contributed by atoms with E-state index in [4.69, 9.17) is 16.9 Å². The molecule has 0 unspecified atom stereocenters. The van der Waals surface area contributed by atoms with Crippen LogP contribution in [0.5, 0.6) is 0 Å². The molecule has 136 valence electrons. The van der Waals surface area contributed by atoms with Crippen molar-refractivity contribution in [2.75, 3.05) is 4.72 Å². The second-order valence-electron chi connectivity index (χ2n) is 5.78. The molecule has 0 bridgehead atoms. The zero-order valence-corrected chi connectivity index (χ0v) is 15.6. The highest BCUT2D eigenvalue weighted by Crippen LogP contribution is 2.27. The van der Waals surface area contributed by atoms with Crippen LogP contribution in [-0.2, 0) is 10.0 Å². The van der Waals surface area contributed by atoms with Gasteiger partial charge in [-0.3, -0.25) is 9.71 Å². The topological polar surface area (TPSA) is 82.8 Å². The molecule has 3 rings (SSSR count). The smallest absolute Gasteiger partial charge is 0.262 e. The normalized spacial score (nSPS) is 11.0. The maximum atomic E-state index is 13.2. The van der Waals surface area contributed by atoms with Gasteiger partial charge in [-0.1, -0.05) is 17.7 Å². The van der Waals surface area contributed by atoms with E-state index in [1.807, 2.05) is 6.07 Å². The van der Waals surface area contributed by atoms with Crippen LogP contribution in [0.1, 0.15) is 11.1 Å². The van der Waals surface area contributed by atoms with E-state index >= 15 is 0 Å². The number of nitriles is 1. The number of nitrogens with one attached hydrogen (secondary N) is 1. The molecule has 0 aliphatic rings. The Morgan fingerprint density at radius 3 is 2.56 bits per heavy atom. The van der Waals surface area contributed by atoms with Crippen LogP contribution in [0.25, 0.3) is 11.1 Å². The highest BCUT2D eigenvalue weighted by Gasteiger charge is 2.18. The standard InChI is InChI=1S/C19H13ClFN3O2S/c1-12-6-16(21)4-5-19(12)27(25,26)24-17-7-15(10-23-11-17)13-2-3-14(9-22)18(20)8-13/h2-8,10-11,24H,1H3. The summed E-state index contributed by atoms with van der Waals surface area (Å²) < 4.78 is 40.9. The predicted octanol–water partition coefficient (Wildman–Crippen LogP) is 4.52. The average molecular weight is 402 g/mol. The fourth-order valence-corrected chi connectivity index (χ4v) is 4.05. The van der Waals surface area contributed by atoms with Gasteiger partial charge in [-0.15, -0.1) is 0 Å². The minimum absolute atomic E-state index is 0.0179. The number of sulfonamides is 1. The fraction of sp³-hybridized carbons (Fsp3) is 0.0526. The molecule has 5 nitrogen and oxygen atoms in total. The highest BCUT2D eigenvalue weighted by molar-refractivity contribution is 7.92. The number of anilines is 1. The minimum atomic E-state index is -3.90. The lowest BCUT2D eigenvalue weighted by Gasteiger charge is -2.11. The van der Waals surface area contributed by atoms with Crippen LogP contribution in [0.4, 0.5) is 10.1 Å². The number of benzene rings is 2. The molecule has 1 aromatic heterocycles. The summed E-state index contributed by atoms with van der Waals surface area (Å²) in [6, 6.07) is 11.9. The van der Waals surface area contributed by atoms with Gasteiger partial charge < -0.3 is 0 Å². The second-order valence-corrected chi connectivity index (χ2v) is 7.84. The van der Waals surface area contributed by atoms with Crippen molar-refractivity contribution in [1.82, 2.24) is 4.98 Å². The molecule has 0 saturated heterocycles. The summed E-state index contributed by atoms with van der Waals surface area (Å²) in [6.45, 7) is 1.52. The van der Waals surface area contributed by atoms with E-state index in [2.05, 4.69) is 9.71 Å². The summed E-state index contributed by atoms with van der Waals surface area (Å²) in [6.07, 6.45) is 2.92. The third-order valence-electron chi connectivity index (χ3n) is 3.84. The monoisotopic (exact) mass is 401 g/mol. The maximum absolute atomic E-state index is 13.2. The first-order valence-corrected chi connectivity index (χ1v) is 9.60. The summed E-state index contributed by atoms with van der Waals surface area (Å²) in [5.74, 6) is -0.507. The Labute approximate surface area is 161 Å². The van der Waals surface area contributed by atoms with Crippen LogP contribution >= 0.6 is 11.6 Å². The number of halogens is 2. The summed E-state index contributed by atoms with van der Waals surface area (Å²) in [5.41, 5.74) is 2.20. The molecule has 1 heterocycles. The Kier molecular flexibility index (Phi) is 5.13. The molecule has 0 fully saturated rings. The van der Waals surface area contributed by atoms with Crippen molar-refractivity contribution in [2.45, 2.75) is 11.8 Å². The number of hydrogen-bond acceptors (Lipinski definition) is 4. The first kappa shape index (κ1) is 18.8. The van der Waals surface area contributed by atoms with Gasteiger partial charge in [0.15, 0.2) is 0 Å². The van der Waals surface area contributed by atoms with Crippen LogP contribution < -0.4 is 4.72 Å². The van der Waals surface area contributed by atoms with Crippen molar-refractivity contribution < 1.29 is 12.8 Å². The molecule has 0 spiro atoms. The molecule has 1 N–H and O–H groups in total. The van der Waals surface area contributed by atoms with E-state index in [1.165, 1.54) is 19.2 Å². The van der Waals surface area contributed by atoms with Crippen LogP contribution in [0.15, 0.2) is 59.8 Å². The first-order chi connectivity index (χ1) is 12.8. The van der Waals surface area contributed by atoms with E-state index in [-0.39, 0.29) is 10.6 Å². The van der Waals surface area contributed by atoms with Gasteiger partial charge in [0, 0.05) is 11.8 Å². The molecule has 2 aromatic carbocycles. The Bertz CT molecular complexity index is 1170. The quantitative estimate of drug-likeness (QED) is 0.696. The van der Waals surface area contributed by atoms with Gasteiger partial charge in [-0.05, 0) is 54.4 Å². The van der Waals surface area contributed by atoms with E-state index in [9.17, 15) is 12.8 Å². The van der Waals surface area contributed by atoms with Crippen LogP contribution in [0.2, 0.25) is 5.02 Å². The molecule has 0 aliphatic carbocycles. The second kappa shape index (κ2) is 7.35. The van der Waals surface area contributed by atoms with E-state index < -0.39 is 15.8 Å². The number of aromatic nitrogens is 1. The van der Waals surface area contributed by atoms with E-state index in [0.29, 0.717) is 27.3 Å². The van der Waals surface area contributed by atoms with Crippen LogP contribution in [0, 0.1) is 24.1 Å². The lowest BCUT2D eigenvalue weighted by molar-refractivity contribution is 0.598. The van der Waals surface area contributed by atoms with Gasteiger partial charge in [0.2, 0.25) is 0 Å². The Morgan fingerprint density at radius 2 is 1.89 bits per heavy atom. The average Bonchev–Trinajstić information content (AvgIpc) is 2.61. The van der Waals surface area contributed by atoms with Crippen molar-refractivity contribution >= 4 is 27.3 Å². The molecule has 3 aromatic rings. The molecular weight excluding hydrogens is 389 g/mol. The zero-order chi connectivity index (χ0) is 19.6. The fourth-order valence-electron chi connectivity index (χ4n) is 2.56. The van der Waals surface area contributed by atoms with Gasteiger partial charge >= 0.3 is 0 Å². The minimum Gasteiger partial charge on any atom is -0.278 e. The Morgan fingerprint density at radius 1 is 1.11 bits per heavy atom. The molecule has 8 heteroatoms. The summed E-state index contributed by atoms with van der Waals surface area (Å²) in [4.78, 5) is 4.03. The third-order valence-corrected chi connectivity index (χ3v) is 5.69. The van der Waals surface area contributed by atoms with E-state index in [0.717, 1.165) is 12.1 Å². The molecule has 27 heavy (non-hydrogen) atoms. The SMILES string of the molecule is Cc1cc(F)ccc1S(=O)(=O)Nc1cncc(-c2ccc(C#N)c(Cl)c2)c1. The van der Waals surface area contributed by atoms with Crippen molar-refractivity contribution in [3.05, 3.63) is 76.8 Å². The Hall–Kier alpha value is -2.95. The van der Waals surface area contributed by atoms with E-state index in [1.54, 1.807) is 30.5 Å². The lowest BCUT2D eigenvalue weighted by Crippen LogP contribution is -2.14. The molecule has 0 saturated carbocycles. The highest BCUT2D eigenvalue weighted by atomic mass is 35.5. The molecule has 0 atom stereocenters. The molecular formula is C19H13ClFN3O2S. The number of pyridine rings is 1. The van der Waals surface area contributed by atoms with Gasteiger partial charge in [0.1, 0.15) is 11.9 Å². The lowest BCUT2D eigenvalue weighted by atomic mass is 10.1.